The molecular formula is C30H32N2O3. The first kappa shape index (κ1) is 24.4. The van der Waals surface area contributed by atoms with Crippen LogP contribution in [0.15, 0.2) is 65.8 Å². The van der Waals surface area contributed by atoms with Gasteiger partial charge in [0.25, 0.3) is 0 Å². The molecule has 1 heterocycles. The van der Waals surface area contributed by atoms with E-state index >= 15 is 0 Å². The lowest BCUT2D eigenvalue weighted by Gasteiger charge is -2.10. The van der Waals surface area contributed by atoms with Crippen LogP contribution < -0.4 is 0 Å². The monoisotopic (exact) mass is 468 g/mol. The van der Waals surface area contributed by atoms with Crippen LogP contribution in [0.4, 0.5) is 0 Å². The molecule has 180 valence electrons. The van der Waals surface area contributed by atoms with Crippen LogP contribution in [-0.2, 0) is 27.4 Å². The van der Waals surface area contributed by atoms with Gasteiger partial charge >= 0.3 is 5.97 Å². The molecule has 0 spiro atoms. The lowest BCUT2D eigenvalue weighted by Crippen LogP contribution is -2.08. The number of fused-ring (bicyclic) bond motifs is 3. The van der Waals surface area contributed by atoms with Crippen molar-refractivity contribution in [1.29, 1.82) is 0 Å². The van der Waals surface area contributed by atoms with E-state index in [2.05, 4.69) is 53.9 Å². The Labute approximate surface area is 206 Å². The maximum atomic E-state index is 12.4. The van der Waals surface area contributed by atoms with E-state index in [0.717, 1.165) is 63.4 Å². The Morgan fingerprint density at radius 3 is 2.34 bits per heavy atom. The molecule has 0 saturated heterocycles. The predicted molar refractivity (Wildman–Crippen MR) is 142 cm³/mol. The van der Waals surface area contributed by atoms with Crippen molar-refractivity contribution in [3.05, 3.63) is 82.9 Å². The van der Waals surface area contributed by atoms with Crippen LogP contribution in [-0.4, -0.2) is 22.0 Å². The summed E-state index contributed by atoms with van der Waals surface area (Å²) in [7, 11) is 0. The van der Waals surface area contributed by atoms with E-state index in [1.165, 1.54) is 6.92 Å². The maximum absolute atomic E-state index is 12.4. The molecule has 0 aliphatic rings. The van der Waals surface area contributed by atoms with Crippen molar-refractivity contribution in [2.45, 2.75) is 59.9 Å². The highest BCUT2D eigenvalue weighted by Gasteiger charge is 2.16. The molecule has 4 aromatic rings. The van der Waals surface area contributed by atoms with Gasteiger partial charge in [-0.2, -0.15) is 0 Å². The van der Waals surface area contributed by atoms with Gasteiger partial charge in [0.15, 0.2) is 0 Å². The normalized spacial score (nSPS) is 11.8. The van der Waals surface area contributed by atoms with E-state index in [9.17, 15) is 9.59 Å². The fraction of sp³-hybridized carbons (Fsp3) is 0.300. The van der Waals surface area contributed by atoms with E-state index in [-0.39, 0.29) is 5.78 Å². The van der Waals surface area contributed by atoms with Crippen molar-refractivity contribution in [3.8, 4) is 0 Å². The third-order valence-electron chi connectivity index (χ3n) is 6.40. The molecule has 1 aromatic heterocycles. The van der Waals surface area contributed by atoms with E-state index < -0.39 is 5.97 Å². The Hall–Kier alpha value is -3.73. The van der Waals surface area contributed by atoms with Crippen LogP contribution in [0.25, 0.3) is 21.8 Å². The van der Waals surface area contributed by atoms with Crippen LogP contribution in [0.2, 0.25) is 0 Å². The highest BCUT2D eigenvalue weighted by molar-refractivity contribution is 6.17. The number of hydrogen-bond donors (Lipinski definition) is 0. The standard InChI is InChI=1S/C30H32N2O3/c1-5-7-11-24(34)17-22-13-15-28-26(18-22)27-19-23(14-16-29(27)32(28)6-2)30(31-35-21(4)33)25-12-9-8-10-20(25)3/h8-10,12-16,18-19H,5-7,11,17H2,1-4H3. The highest BCUT2D eigenvalue weighted by Crippen LogP contribution is 2.32. The Bertz CT molecular complexity index is 1430. The molecule has 5 heteroatoms. The molecule has 0 aliphatic carbocycles. The Kier molecular flexibility index (Phi) is 7.45. The van der Waals surface area contributed by atoms with E-state index in [1.807, 2.05) is 37.3 Å². The molecule has 0 unspecified atom stereocenters. The Morgan fingerprint density at radius 2 is 1.66 bits per heavy atom. The first-order chi connectivity index (χ1) is 16.9. The SMILES string of the molecule is CCCCC(=O)Cc1ccc2c(c1)c1cc(C(=NOC(C)=O)c3ccccc3C)ccc1n2CC. The van der Waals surface area contributed by atoms with Gasteiger partial charge in [0.1, 0.15) is 11.5 Å². The number of ketones is 1. The smallest absolute Gasteiger partial charge is 0.332 e. The van der Waals surface area contributed by atoms with Gasteiger partial charge in [0, 0.05) is 59.2 Å². The van der Waals surface area contributed by atoms with Crippen molar-refractivity contribution in [1.82, 2.24) is 4.57 Å². The first-order valence-corrected chi connectivity index (χ1v) is 12.3. The third-order valence-corrected chi connectivity index (χ3v) is 6.40. The van der Waals surface area contributed by atoms with Crippen molar-refractivity contribution in [2.24, 2.45) is 5.16 Å². The molecular weight excluding hydrogens is 436 g/mol. The van der Waals surface area contributed by atoms with Crippen molar-refractivity contribution in [3.63, 3.8) is 0 Å². The molecule has 0 bridgehead atoms. The minimum Gasteiger partial charge on any atom is -0.341 e. The van der Waals surface area contributed by atoms with Gasteiger partial charge in [-0.25, -0.2) is 4.79 Å². The number of carbonyl (C=O) groups excluding carboxylic acids is 2. The number of unbranched alkanes of at least 4 members (excludes halogenated alkanes) is 1. The zero-order chi connectivity index (χ0) is 24.9. The number of aryl methyl sites for hydroxylation is 2. The summed E-state index contributed by atoms with van der Waals surface area (Å²) in [6.07, 6.45) is 3.04. The second-order valence-electron chi connectivity index (χ2n) is 8.98. The van der Waals surface area contributed by atoms with E-state index in [1.54, 1.807) is 0 Å². The number of rotatable bonds is 9. The van der Waals surface area contributed by atoms with Gasteiger partial charge in [-0.3, -0.25) is 4.79 Å². The molecule has 0 amide bonds. The average Bonchev–Trinajstić information content (AvgIpc) is 3.16. The molecule has 0 saturated carbocycles. The molecule has 4 rings (SSSR count). The number of aromatic nitrogens is 1. The number of hydrogen-bond acceptors (Lipinski definition) is 4. The Balaban J connectivity index is 1.86. The summed E-state index contributed by atoms with van der Waals surface area (Å²) in [5, 5.41) is 6.44. The van der Waals surface area contributed by atoms with Crippen molar-refractivity contribution < 1.29 is 14.4 Å². The Morgan fingerprint density at radius 1 is 0.943 bits per heavy atom. The summed E-state index contributed by atoms with van der Waals surface area (Å²) in [4.78, 5) is 29.1. The first-order valence-electron chi connectivity index (χ1n) is 12.3. The number of Topliss-reactive ketones (excluding diaryl/α,β-unsaturated/α-hetero) is 1. The lowest BCUT2D eigenvalue weighted by atomic mass is 9.96. The number of oxime groups is 1. The van der Waals surface area contributed by atoms with Crippen molar-refractivity contribution >= 4 is 39.3 Å². The summed E-state index contributed by atoms with van der Waals surface area (Å²) in [6, 6.07) is 20.5. The van der Waals surface area contributed by atoms with Crippen LogP contribution in [0.1, 0.15) is 62.3 Å². The van der Waals surface area contributed by atoms with Gasteiger partial charge < -0.3 is 9.40 Å². The van der Waals surface area contributed by atoms with Gasteiger partial charge in [0.2, 0.25) is 0 Å². The summed E-state index contributed by atoms with van der Waals surface area (Å²) >= 11 is 0. The second kappa shape index (κ2) is 10.7. The number of nitrogens with zero attached hydrogens (tertiary/aromatic N) is 2. The number of carbonyl (C=O) groups is 2. The van der Waals surface area contributed by atoms with Gasteiger partial charge in [-0.1, -0.05) is 54.9 Å². The highest BCUT2D eigenvalue weighted by atomic mass is 16.7. The summed E-state index contributed by atoms with van der Waals surface area (Å²) < 4.78 is 2.29. The lowest BCUT2D eigenvalue weighted by molar-refractivity contribution is -0.140. The molecule has 3 aromatic carbocycles. The topological polar surface area (TPSA) is 60.7 Å². The molecule has 0 N–H and O–H groups in total. The van der Waals surface area contributed by atoms with E-state index in [0.29, 0.717) is 18.6 Å². The molecule has 0 aliphatic heterocycles. The van der Waals surface area contributed by atoms with E-state index in [4.69, 9.17) is 4.84 Å². The predicted octanol–water partition coefficient (Wildman–Crippen LogP) is 6.74. The zero-order valence-corrected chi connectivity index (χ0v) is 20.9. The molecule has 5 nitrogen and oxygen atoms in total. The largest absolute Gasteiger partial charge is 0.341 e. The maximum Gasteiger partial charge on any atom is 0.332 e. The summed E-state index contributed by atoms with van der Waals surface area (Å²) in [6.45, 7) is 8.44. The molecule has 35 heavy (non-hydrogen) atoms. The fourth-order valence-electron chi connectivity index (χ4n) is 4.65. The molecule has 0 atom stereocenters. The van der Waals surface area contributed by atoms with Crippen molar-refractivity contribution in [2.75, 3.05) is 0 Å². The van der Waals surface area contributed by atoms with Gasteiger partial charge in [0.05, 0.1) is 0 Å². The van der Waals surface area contributed by atoms with Crippen LogP contribution in [0, 0.1) is 6.92 Å². The molecule has 0 radical (unpaired) electrons. The van der Waals surface area contributed by atoms with Gasteiger partial charge in [-0.15, -0.1) is 0 Å². The quantitative estimate of drug-likeness (QED) is 0.155. The minimum atomic E-state index is -0.461. The van der Waals surface area contributed by atoms with Crippen LogP contribution in [0.5, 0.6) is 0 Å². The molecule has 0 fully saturated rings. The summed E-state index contributed by atoms with van der Waals surface area (Å²) in [5.41, 5.74) is 6.73. The summed E-state index contributed by atoms with van der Waals surface area (Å²) in [5.74, 6) is -0.182. The zero-order valence-electron chi connectivity index (χ0n) is 20.9. The van der Waals surface area contributed by atoms with Gasteiger partial charge in [-0.05, 0) is 55.7 Å². The number of benzene rings is 3. The third kappa shape index (κ3) is 5.19. The fourth-order valence-corrected chi connectivity index (χ4v) is 4.65. The van der Waals surface area contributed by atoms with Crippen LogP contribution >= 0.6 is 0 Å². The van der Waals surface area contributed by atoms with Crippen LogP contribution in [0.3, 0.4) is 0 Å². The second-order valence-corrected chi connectivity index (χ2v) is 8.98. The average molecular weight is 469 g/mol. The minimum absolute atomic E-state index is 0.279.